The molecule has 1 aromatic rings. The molecule has 0 aliphatic heterocycles. The van der Waals surface area contributed by atoms with Crippen LogP contribution >= 0.6 is 0 Å². The second-order valence-corrected chi connectivity index (χ2v) is 6.98. The van der Waals surface area contributed by atoms with Gasteiger partial charge in [0.25, 0.3) is 0 Å². The van der Waals surface area contributed by atoms with Gasteiger partial charge in [0.15, 0.2) is 0 Å². The van der Waals surface area contributed by atoms with E-state index in [0.29, 0.717) is 5.69 Å². The molecule has 1 aliphatic rings. The van der Waals surface area contributed by atoms with Crippen LogP contribution in [0, 0.1) is 24.2 Å². The quantitative estimate of drug-likeness (QED) is 0.746. The van der Waals surface area contributed by atoms with Crippen LogP contribution in [0.5, 0.6) is 5.75 Å². The summed E-state index contributed by atoms with van der Waals surface area (Å²) < 4.78 is 0. The number of nitrogens with one attached hydrogen (secondary N) is 1. The highest BCUT2D eigenvalue weighted by atomic mass is 16.4. The van der Waals surface area contributed by atoms with Crippen molar-refractivity contribution in [1.82, 2.24) is 0 Å². The van der Waals surface area contributed by atoms with Gasteiger partial charge in [-0.1, -0.05) is 27.7 Å². The number of carboxylic acids is 1. The van der Waals surface area contributed by atoms with Gasteiger partial charge in [-0.05, 0) is 41.5 Å². The van der Waals surface area contributed by atoms with Crippen molar-refractivity contribution in [2.24, 2.45) is 17.3 Å². The van der Waals surface area contributed by atoms with E-state index in [1.165, 1.54) is 0 Å². The standard InChI is InChI=1S/C17H23NO4/c1-8(2)10-7-11(9(3)6-12(10)19)18-15(20)13-14(16(21)22)17(13,4)5/h6-8,13-14,19H,1-5H3,(H,18,20)(H,21,22)/t13-,14+/m0/s1. The minimum absolute atomic E-state index is 0.125. The van der Waals surface area contributed by atoms with Gasteiger partial charge in [0.2, 0.25) is 5.91 Å². The molecule has 1 amide bonds. The molecule has 0 unspecified atom stereocenters. The van der Waals surface area contributed by atoms with Gasteiger partial charge >= 0.3 is 5.97 Å². The summed E-state index contributed by atoms with van der Waals surface area (Å²) in [5.74, 6) is -2.05. The summed E-state index contributed by atoms with van der Waals surface area (Å²) >= 11 is 0. The number of benzene rings is 1. The van der Waals surface area contributed by atoms with E-state index in [9.17, 15) is 14.7 Å². The van der Waals surface area contributed by atoms with Crippen LogP contribution < -0.4 is 5.32 Å². The van der Waals surface area contributed by atoms with Crippen LogP contribution in [-0.4, -0.2) is 22.1 Å². The number of carboxylic acid groups (broad SMARTS) is 1. The number of hydrogen-bond acceptors (Lipinski definition) is 3. The lowest BCUT2D eigenvalue weighted by molar-refractivity contribution is -0.140. The highest BCUT2D eigenvalue weighted by molar-refractivity contribution is 6.00. The Bertz CT molecular complexity index is 634. The third kappa shape index (κ3) is 2.67. The Hall–Kier alpha value is -2.04. The molecule has 1 fully saturated rings. The molecular formula is C17H23NO4. The number of phenols is 1. The van der Waals surface area contributed by atoms with E-state index in [2.05, 4.69) is 5.32 Å². The highest BCUT2D eigenvalue weighted by Crippen LogP contribution is 2.58. The van der Waals surface area contributed by atoms with Gasteiger partial charge in [-0.25, -0.2) is 0 Å². The lowest BCUT2D eigenvalue weighted by Crippen LogP contribution is -2.18. The van der Waals surface area contributed by atoms with Crippen molar-refractivity contribution < 1.29 is 19.8 Å². The lowest BCUT2D eigenvalue weighted by atomic mass is 9.99. The summed E-state index contributed by atoms with van der Waals surface area (Å²) in [5, 5.41) is 21.9. The van der Waals surface area contributed by atoms with E-state index in [4.69, 9.17) is 5.11 Å². The zero-order valence-corrected chi connectivity index (χ0v) is 13.6. The molecule has 0 radical (unpaired) electrons. The van der Waals surface area contributed by atoms with Gasteiger partial charge in [-0.3, -0.25) is 9.59 Å². The first-order chi connectivity index (χ1) is 10.1. The number of amides is 1. The van der Waals surface area contributed by atoms with Crippen molar-refractivity contribution in [3.8, 4) is 5.75 Å². The number of carbonyl (C=O) groups is 2. The van der Waals surface area contributed by atoms with E-state index >= 15 is 0 Å². The Balaban J connectivity index is 2.23. The number of aryl methyl sites for hydroxylation is 1. The Morgan fingerprint density at radius 1 is 1.23 bits per heavy atom. The number of rotatable bonds is 4. The van der Waals surface area contributed by atoms with E-state index in [-0.39, 0.29) is 17.6 Å². The number of aromatic hydroxyl groups is 1. The molecule has 1 aromatic carbocycles. The molecule has 0 heterocycles. The zero-order chi connectivity index (χ0) is 16.8. The SMILES string of the molecule is Cc1cc(O)c(C(C)C)cc1NC(=O)[C@@H]1[C@H](C(=O)O)C1(C)C. The molecule has 2 rings (SSSR count). The molecule has 1 aliphatic carbocycles. The summed E-state index contributed by atoms with van der Waals surface area (Å²) in [7, 11) is 0. The highest BCUT2D eigenvalue weighted by Gasteiger charge is 2.65. The molecular weight excluding hydrogens is 282 g/mol. The predicted molar refractivity (Wildman–Crippen MR) is 84.0 cm³/mol. The van der Waals surface area contributed by atoms with Crippen LogP contribution in [0.15, 0.2) is 12.1 Å². The zero-order valence-electron chi connectivity index (χ0n) is 13.6. The average Bonchev–Trinajstić information content (AvgIpc) is 2.95. The molecule has 1 saturated carbocycles. The van der Waals surface area contributed by atoms with E-state index < -0.39 is 23.2 Å². The van der Waals surface area contributed by atoms with E-state index in [1.807, 2.05) is 13.8 Å². The summed E-state index contributed by atoms with van der Waals surface area (Å²) in [6.07, 6.45) is 0. The fraction of sp³-hybridized carbons (Fsp3) is 0.529. The molecule has 5 nitrogen and oxygen atoms in total. The van der Waals surface area contributed by atoms with Gasteiger partial charge in [0.05, 0.1) is 11.8 Å². The number of carbonyl (C=O) groups excluding carboxylic acids is 1. The first-order valence-corrected chi connectivity index (χ1v) is 7.44. The first-order valence-electron chi connectivity index (χ1n) is 7.44. The van der Waals surface area contributed by atoms with Gasteiger partial charge in [0, 0.05) is 5.69 Å². The normalized spacial score (nSPS) is 22.5. The van der Waals surface area contributed by atoms with Gasteiger partial charge < -0.3 is 15.5 Å². The van der Waals surface area contributed by atoms with Crippen molar-refractivity contribution in [3.63, 3.8) is 0 Å². The predicted octanol–water partition coefficient (Wildman–Crippen LogP) is 3.12. The first kappa shape index (κ1) is 16.3. The van der Waals surface area contributed by atoms with Crippen molar-refractivity contribution >= 4 is 17.6 Å². The molecule has 0 bridgehead atoms. The lowest BCUT2D eigenvalue weighted by Gasteiger charge is -2.15. The second kappa shape index (κ2) is 5.30. The van der Waals surface area contributed by atoms with Crippen LogP contribution in [0.3, 0.4) is 0 Å². The third-order valence-corrected chi connectivity index (χ3v) is 4.63. The van der Waals surface area contributed by atoms with Crippen LogP contribution in [0.1, 0.15) is 44.7 Å². The Labute approximate surface area is 130 Å². The smallest absolute Gasteiger partial charge is 0.307 e. The Kier molecular flexibility index (Phi) is 3.94. The number of aliphatic carboxylic acids is 1. The topological polar surface area (TPSA) is 86.6 Å². The van der Waals surface area contributed by atoms with Crippen LogP contribution in [0.25, 0.3) is 0 Å². The molecule has 0 aromatic heterocycles. The fourth-order valence-corrected chi connectivity index (χ4v) is 3.10. The summed E-state index contributed by atoms with van der Waals surface area (Å²) in [5.41, 5.74) is 1.60. The largest absolute Gasteiger partial charge is 0.508 e. The second-order valence-electron chi connectivity index (χ2n) is 6.98. The minimum Gasteiger partial charge on any atom is -0.508 e. The molecule has 5 heteroatoms. The minimum atomic E-state index is -0.935. The Morgan fingerprint density at radius 3 is 2.27 bits per heavy atom. The van der Waals surface area contributed by atoms with Crippen molar-refractivity contribution in [2.45, 2.75) is 40.5 Å². The number of hydrogen-bond donors (Lipinski definition) is 3. The van der Waals surface area contributed by atoms with E-state index in [0.717, 1.165) is 11.1 Å². The number of anilines is 1. The summed E-state index contributed by atoms with van der Waals surface area (Å²) in [4.78, 5) is 23.6. The van der Waals surface area contributed by atoms with Crippen LogP contribution in [0.4, 0.5) is 5.69 Å². The van der Waals surface area contributed by atoms with Crippen LogP contribution in [-0.2, 0) is 9.59 Å². The molecule has 0 spiro atoms. The molecule has 2 atom stereocenters. The molecule has 120 valence electrons. The van der Waals surface area contributed by atoms with Crippen molar-refractivity contribution in [1.29, 1.82) is 0 Å². The maximum Gasteiger partial charge on any atom is 0.307 e. The van der Waals surface area contributed by atoms with Crippen LogP contribution in [0.2, 0.25) is 0 Å². The maximum atomic E-state index is 12.4. The van der Waals surface area contributed by atoms with Crippen molar-refractivity contribution in [3.05, 3.63) is 23.3 Å². The van der Waals surface area contributed by atoms with Gasteiger partial charge in [-0.15, -0.1) is 0 Å². The third-order valence-electron chi connectivity index (χ3n) is 4.63. The Morgan fingerprint density at radius 2 is 1.82 bits per heavy atom. The average molecular weight is 305 g/mol. The molecule has 0 saturated heterocycles. The molecule has 22 heavy (non-hydrogen) atoms. The van der Waals surface area contributed by atoms with E-state index in [1.54, 1.807) is 32.9 Å². The number of phenolic OH excluding ortho intramolecular Hbond substituents is 1. The van der Waals surface area contributed by atoms with Crippen molar-refractivity contribution in [2.75, 3.05) is 5.32 Å². The fourth-order valence-electron chi connectivity index (χ4n) is 3.10. The van der Waals surface area contributed by atoms with Gasteiger partial charge in [0.1, 0.15) is 5.75 Å². The van der Waals surface area contributed by atoms with Gasteiger partial charge in [-0.2, -0.15) is 0 Å². The summed E-state index contributed by atoms with van der Waals surface area (Å²) in [6, 6.07) is 3.38. The molecule has 3 N–H and O–H groups in total. The monoisotopic (exact) mass is 305 g/mol. The maximum absolute atomic E-state index is 12.4. The summed E-state index contributed by atoms with van der Waals surface area (Å²) in [6.45, 7) is 9.30.